The molecule has 0 bridgehead atoms. The predicted molar refractivity (Wildman–Crippen MR) is 53.4 cm³/mol. The molecule has 1 atom stereocenters. The van der Waals surface area contributed by atoms with Crippen molar-refractivity contribution in [3.8, 4) is 11.9 Å². The number of ether oxygens (including phenoxy) is 2. The van der Waals surface area contributed by atoms with E-state index in [2.05, 4.69) is 40.9 Å². The van der Waals surface area contributed by atoms with E-state index in [4.69, 9.17) is 9.47 Å². The molecular weight excluding hydrogens is 244 g/mol. The van der Waals surface area contributed by atoms with Gasteiger partial charge in [-0.15, -0.1) is 5.10 Å². The number of carbonyl (C=O) groups excluding carboxylic acids is 1. The van der Waals surface area contributed by atoms with Gasteiger partial charge in [0.05, 0.1) is 0 Å². The van der Waals surface area contributed by atoms with Crippen LogP contribution in [0.5, 0.6) is 11.9 Å². The van der Waals surface area contributed by atoms with E-state index in [1.807, 2.05) is 0 Å². The van der Waals surface area contributed by atoms with Gasteiger partial charge in [0.2, 0.25) is 0 Å². The van der Waals surface area contributed by atoms with Crippen LogP contribution in [0.25, 0.3) is 0 Å². The maximum Gasteiger partial charge on any atom is 0.314 e. The van der Waals surface area contributed by atoms with E-state index in [1.165, 1.54) is 12.5 Å². The van der Waals surface area contributed by atoms with Gasteiger partial charge in [-0.25, -0.2) is 5.10 Å². The molecule has 0 spiro atoms. The van der Waals surface area contributed by atoms with Crippen molar-refractivity contribution in [2.75, 3.05) is 0 Å². The molecule has 11 heteroatoms. The molecule has 0 saturated carbocycles. The molecule has 0 radical (unpaired) electrons. The van der Waals surface area contributed by atoms with Gasteiger partial charge in [0.25, 0.3) is 18.0 Å². The topological polar surface area (TPSA) is 143 Å². The van der Waals surface area contributed by atoms with Gasteiger partial charge in [0.15, 0.2) is 0 Å². The highest BCUT2D eigenvalue weighted by Crippen LogP contribution is 2.09. The number of amidine groups is 1. The number of aromatic amines is 2. The normalized spacial score (nSPS) is 18.3. The lowest BCUT2D eigenvalue weighted by atomic mass is 10.6. The highest BCUT2D eigenvalue weighted by atomic mass is 16.5. The number of H-pyrrole nitrogens is 2. The van der Waals surface area contributed by atoms with Gasteiger partial charge < -0.3 is 9.47 Å². The summed E-state index contributed by atoms with van der Waals surface area (Å²) in [5.41, 5.74) is 0. The molecule has 1 aliphatic heterocycles. The Kier molecular flexibility index (Phi) is 2.33. The summed E-state index contributed by atoms with van der Waals surface area (Å²) in [5, 5.41) is 17.9. The second-order valence-electron chi connectivity index (χ2n) is 3.09. The zero-order valence-electron chi connectivity index (χ0n) is 8.69. The van der Waals surface area contributed by atoms with Gasteiger partial charge in [-0.05, 0) is 0 Å². The quantitative estimate of drug-likeness (QED) is 0.582. The number of nitrogens with one attached hydrogen (secondary N) is 3. The van der Waals surface area contributed by atoms with Crippen molar-refractivity contribution in [3.05, 3.63) is 12.5 Å². The Balaban J connectivity index is 1.69. The van der Waals surface area contributed by atoms with E-state index >= 15 is 0 Å². The van der Waals surface area contributed by atoms with Crippen LogP contribution in [-0.2, 0) is 4.79 Å². The molecular formula is C7H6N8O3. The van der Waals surface area contributed by atoms with Crippen LogP contribution in [-0.4, -0.2) is 48.7 Å². The molecule has 3 N–H and O–H groups in total. The first kappa shape index (κ1) is 10.2. The molecule has 1 unspecified atom stereocenters. The van der Waals surface area contributed by atoms with Gasteiger partial charge in [0.1, 0.15) is 12.5 Å². The summed E-state index contributed by atoms with van der Waals surface area (Å²) in [6.07, 6.45) is 1.50. The third-order valence-corrected chi connectivity index (χ3v) is 1.90. The van der Waals surface area contributed by atoms with E-state index < -0.39 is 12.1 Å². The zero-order chi connectivity index (χ0) is 12.4. The number of carbonyl (C=O) groups is 1. The highest BCUT2D eigenvalue weighted by Gasteiger charge is 2.30. The fraction of sp³-hybridized carbons (Fsp3) is 0.143. The molecule has 3 heterocycles. The van der Waals surface area contributed by atoms with Crippen LogP contribution < -0.4 is 14.8 Å². The van der Waals surface area contributed by atoms with Crippen LogP contribution >= 0.6 is 0 Å². The molecule has 2 aromatic rings. The van der Waals surface area contributed by atoms with Gasteiger partial charge in [0, 0.05) is 0 Å². The Morgan fingerprint density at radius 2 is 2.28 bits per heavy atom. The lowest BCUT2D eigenvalue weighted by molar-refractivity contribution is -0.125. The van der Waals surface area contributed by atoms with Crippen LogP contribution in [0.1, 0.15) is 0 Å². The molecule has 1 amide bonds. The Hall–Kier alpha value is -2.98. The summed E-state index contributed by atoms with van der Waals surface area (Å²) in [6, 6.07) is 0.0556. The predicted octanol–water partition coefficient (Wildman–Crippen LogP) is -1.81. The standard InChI is InChI=1S/C7H6N8O3/c16-4-5(18-6-8-2-10-14-6)12-7(11-4)17-3-1-9-15-13-3/h1-2,5H,(H,8,10,14)(H,9,13,15)(H,11,12,16). The molecule has 0 aromatic carbocycles. The number of nitrogens with zero attached hydrogens (tertiary/aromatic N) is 5. The van der Waals surface area contributed by atoms with E-state index in [0.29, 0.717) is 0 Å². The SMILES string of the molecule is O=C1NC(Oc2cn[nH]n2)=NC1Oc1ncn[nH]1. The Morgan fingerprint density at radius 1 is 1.33 bits per heavy atom. The first-order valence-electron chi connectivity index (χ1n) is 4.75. The summed E-state index contributed by atoms with van der Waals surface area (Å²) in [4.78, 5) is 19.1. The first-order valence-corrected chi connectivity index (χ1v) is 4.75. The largest absolute Gasteiger partial charge is 0.428 e. The number of rotatable bonds is 3. The van der Waals surface area contributed by atoms with Crippen molar-refractivity contribution in [1.29, 1.82) is 0 Å². The van der Waals surface area contributed by atoms with Crippen LogP contribution in [0.15, 0.2) is 17.5 Å². The summed E-state index contributed by atoms with van der Waals surface area (Å²) >= 11 is 0. The average molecular weight is 250 g/mol. The molecule has 3 rings (SSSR count). The van der Waals surface area contributed by atoms with Crippen LogP contribution in [0.3, 0.4) is 0 Å². The van der Waals surface area contributed by atoms with Crippen molar-refractivity contribution >= 4 is 11.9 Å². The fourth-order valence-electron chi connectivity index (χ4n) is 1.19. The lowest BCUT2D eigenvalue weighted by Crippen LogP contribution is -2.33. The smallest absolute Gasteiger partial charge is 0.314 e. The minimum Gasteiger partial charge on any atom is -0.428 e. The van der Waals surface area contributed by atoms with Crippen LogP contribution in [0.4, 0.5) is 0 Å². The van der Waals surface area contributed by atoms with E-state index in [1.54, 1.807) is 0 Å². The molecule has 1 aliphatic rings. The Morgan fingerprint density at radius 3 is 3.00 bits per heavy atom. The molecule has 0 fully saturated rings. The van der Waals surface area contributed by atoms with E-state index in [-0.39, 0.29) is 17.9 Å². The van der Waals surface area contributed by atoms with E-state index in [9.17, 15) is 4.79 Å². The maximum atomic E-state index is 11.5. The van der Waals surface area contributed by atoms with Crippen LogP contribution in [0.2, 0.25) is 0 Å². The summed E-state index contributed by atoms with van der Waals surface area (Å²) in [6.45, 7) is 0. The average Bonchev–Trinajstić information content (AvgIpc) is 3.04. The van der Waals surface area contributed by atoms with Crippen molar-refractivity contribution in [3.63, 3.8) is 0 Å². The van der Waals surface area contributed by atoms with E-state index in [0.717, 1.165) is 0 Å². The second kappa shape index (κ2) is 4.12. The zero-order valence-corrected chi connectivity index (χ0v) is 8.69. The molecule has 0 saturated heterocycles. The first-order chi connectivity index (χ1) is 8.81. The summed E-state index contributed by atoms with van der Waals surface area (Å²) in [7, 11) is 0. The lowest BCUT2D eigenvalue weighted by Gasteiger charge is -2.02. The summed E-state index contributed by atoms with van der Waals surface area (Å²) < 4.78 is 10.2. The van der Waals surface area contributed by atoms with Gasteiger partial charge in [-0.1, -0.05) is 0 Å². The maximum absolute atomic E-state index is 11.5. The van der Waals surface area contributed by atoms with Crippen LogP contribution in [0, 0.1) is 0 Å². The third kappa shape index (κ3) is 1.95. The fourth-order valence-corrected chi connectivity index (χ4v) is 1.19. The number of amides is 1. The molecule has 0 aliphatic carbocycles. The van der Waals surface area contributed by atoms with Crippen molar-refractivity contribution < 1.29 is 14.3 Å². The minimum absolute atomic E-state index is 0.0292. The number of aromatic nitrogens is 6. The third-order valence-electron chi connectivity index (χ3n) is 1.90. The summed E-state index contributed by atoms with van der Waals surface area (Å²) in [5.74, 6) is -0.306. The number of hydrogen-bond donors (Lipinski definition) is 3. The van der Waals surface area contributed by atoms with Gasteiger partial charge in [-0.3, -0.25) is 10.1 Å². The highest BCUT2D eigenvalue weighted by molar-refractivity contribution is 6.02. The minimum atomic E-state index is -1.08. The molecule has 18 heavy (non-hydrogen) atoms. The monoisotopic (exact) mass is 250 g/mol. The number of aliphatic imine (C=N–C) groups is 1. The molecule has 11 nitrogen and oxygen atoms in total. The molecule has 92 valence electrons. The van der Waals surface area contributed by atoms with Crippen molar-refractivity contribution in [1.82, 2.24) is 35.9 Å². The molecule has 2 aromatic heterocycles. The Bertz CT molecular complexity index is 562. The van der Waals surface area contributed by atoms with Crippen molar-refractivity contribution in [2.24, 2.45) is 4.99 Å². The Labute approximate surface area is 98.6 Å². The number of hydrogen-bond acceptors (Lipinski definition) is 8. The van der Waals surface area contributed by atoms with Gasteiger partial charge >= 0.3 is 12.0 Å². The van der Waals surface area contributed by atoms with Gasteiger partial charge in [-0.2, -0.15) is 25.4 Å². The van der Waals surface area contributed by atoms with Crippen molar-refractivity contribution in [2.45, 2.75) is 6.23 Å². The second-order valence-corrected chi connectivity index (χ2v) is 3.09.